The summed E-state index contributed by atoms with van der Waals surface area (Å²) in [6.07, 6.45) is 0.391. The van der Waals surface area contributed by atoms with Gasteiger partial charge in [0.2, 0.25) is 11.0 Å². The normalized spacial score (nSPS) is 16.4. The fraction of sp³-hybridized carbons (Fsp3) is 0.200. The van der Waals surface area contributed by atoms with E-state index in [-0.39, 0.29) is 17.7 Å². The van der Waals surface area contributed by atoms with Crippen LogP contribution in [0.2, 0.25) is 0 Å². The van der Waals surface area contributed by atoms with Crippen molar-refractivity contribution in [2.75, 3.05) is 16.8 Å². The number of aryl methyl sites for hydroxylation is 1. The quantitative estimate of drug-likeness (QED) is 0.631. The van der Waals surface area contributed by atoms with Gasteiger partial charge in [-0.15, -0.1) is 10.2 Å². The zero-order valence-corrected chi connectivity index (χ0v) is 17.5. The fourth-order valence-corrected chi connectivity index (χ4v) is 4.45. The number of benzene rings is 2. The molecule has 0 unspecified atom stereocenters. The fourth-order valence-electron chi connectivity index (χ4n) is 3.22. The number of nitrogens with one attached hydrogen (secondary N) is 1. The first-order valence-corrected chi connectivity index (χ1v) is 10.4. The van der Waals surface area contributed by atoms with Gasteiger partial charge in [0.1, 0.15) is 5.01 Å². The average Bonchev–Trinajstić information content (AvgIpc) is 3.29. The number of carbonyl (C=O) groups is 2. The van der Waals surface area contributed by atoms with Crippen molar-refractivity contribution < 1.29 is 9.59 Å². The van der Waals surface area contributed by atoms with Gasteiger partial charge in [-0.25, -0.2) is 0 Å². The molecule has 1 aliphatic heterocycles. The third-order valence-corrected chi connectivity index (χ3v) is 6.12. The molecule has 4 rings (SSSR count). The van der Waals surface area contributed by atoms with E-state index in [0.717, 1.165) is 20.7 Å². The first-order valence-electron chi connectivity index (χ1n) is 8.77. The van der Waals surface area contributed by atoms with Crippen molar-refractivity contribution in [3.63, 3.8) is 0 Å². The third kappa shape index (κ3) is 3.83. The molecule has 0 aliphatic carbocycles. The van der Waals surface area contributed by atoms with Gasteiger partial charge in [0.15, 0.2) is 0 Å². The van der Waals surface area contributed by atoms with Crippen LogP contribution in [0.1, 0.15) is 33.3 Å². The average molecular weight is 457 g/mol. The van der Waals surface area contributed by atoms with Crippen molar-refractivity contribution >= 4 is 49.9 Å². The van der Waals surface area contributed by atoms with Crippen LogP contribution in [-0.2, 0) is 4.79 Å². The third-order valence-electron chi connectivity index (χ3n) is 4.63. The number of para-hydroxylation sites is 1. The van der Waals surface area contributed by atoms with Crippen molar-refractivity contribution in [3.8, 4) is 0 Å². The summed E-state index contributed by atoms with van der Waals surface area (Å²) in [6.45, 7) is 2.56. The number of carbonyl (C=O) groups excluding carboxylic acids is 2. The van der Waals surface area contributed by atoms with Crippen LogP contribution in [0.15, 0.2) is 53.0 Å². The van der Waals surface area contributed by atoms with Gasteiger partial charge in [-0.1, -0.05) is 51.5 Å². The maximum absolute atomic E-state index is 12.5. The lowest BCUT2D eigenvalue weighted by Crippen LogP contribution is -2.25. The van der Waals surface area contributed by atoms with E-state index in [9.17, 15) is 9.59 Å². The molecular formula is C20H17BrN4O2S. The Kier molecular flexibility index (Phi) is 5.23. The lowest BCUT2D eigenvalue weighted by Gasteiger charge is -2.18. The Labute approximate surface area is 174 Å². The molecule has 3 aromatic rings. The second kappa shape index (κ2) is 7.81. The summed E-state index contributed by atoms with van der Waals surface area (Å²) in [6, 6.07) is 15.0. The zero-order valence-electron chi connectivity index (χ0n) is 15.1. The van der Waals surface area contributed by atoms with Crippen LogP contribution in [0.4, 0.5) is 10.8 Å². The maximum Gasteiger partial charge on any atom is 0.257 e. The van der Waals surface area contributed by atoms with Gasteiger partial charge in [0.05, 0.1) is 0 Å². The SMILES string of the molecule is Cc1ccccc1N1C[C@H](c2nnc(NC(=O)c3cccc(Br)c3)s2)CC1=O. The van der Waals surface area contributed by atoms with Gasteiger partial charge in [0, 0.05) is 34.6 Å². The Balaban J connectivity index is 1.47. The molecule has 0 bridgehead atoms. The second-order valence-electron chi connectivity index (χ2n) is 6.60. The molecule has 2 amide bonds. The van der Waals surface area contributed by atoms with Gasteiger partial charge in [0.25, 0.3) is 5.91 Å². The van der Waals surface area contributed by atoms with Crippen LogP contribution in [0, 0.1) is 6.92 Å². The van der Waals surface area contributed by atoms with Crippen LogP contribution in [0.3, 0.4) is 0 Å². The number of hydrogen-bond donors (Lipinski definition) is 1. The number of aromatic nitrogens is 2. The van der Waals surface area contributed by atoms with Crippen molar-refractivity contribution in [1.82, 2.24) is 10.2 Å². The predicted octanol–water partition coefficient (Wildman–Crippen LogP) is 4.38. The zero-order chi connectivity index (χ0) is 19.7. The Bertz CT molecular complexity index is 1050. The Morgan fingerprint density at radius 1 is 1.21 bits per heavy atom. The summed E-state index contributed by atoms with van der Waals surface area (Å²) in [5.74, 6) is -0.191. The summed E-state index contributed by atoms with van der Waals surface area (Å²) in [5.41, 5.74) is 2.53. The first-order chi connectivity index (χ1) is 13.5. The minimum Gasteiger partial charge on any atom is -0.311 e. The molecule has 1 saturated heterocycles. The minimum absolute atomic E-state index is 0.0267. The van der Waals surface area contributed by atoms with Crippen LogP contribution in [0.5, 0.6) is 0 Å². The van der Waals surface area contributed by atoms with Crippen LogP contribution >= 0.6 is 27.3 Å². The van der Waals surface area contributed by atoms with E-state index in [1.807, 2.05) is 37.3 Å². The molecule has 2 aromatic carbocycles. The van der Waals surface area contributed by atoms with E-state index in [0.29, 0.717) is 23.7 Å². The smallest absolute Gasteiger partial charge is 0.257 e. The molecular weight excluding hydrogens is 440 g/mol. The van der Waals surface area contributed by atoms with E-state index in [2.05, 4.69) is 31.4 Å². The molecule has 1 aromatic heterocycles. The maximum atomic E-state index is 12.5. The highest BCUT2D eigenvalue weighted by atomic mass is 79.9. The summed E-state index contributed by atoms with van der Waals surface area (Å²) in [7, 11) is 0. The summed E-state index contributed by atoms with van der Waals surface area (Å²) < 4.78 is 0.832. The summed E-state index contributed by atoms with van der Waals surface area (Å²) in [5, 5.41) is 12.3. The molecule has 1 N–H and O–H groups in total. The van der Waals surface area contributed by atoms with Gasteiger partial charge >= 0.3 is 0 Å². The van der Waals surface area contributed by atoms with Crippen molar-refractivity contribution in [1.29, 1.82) is 0 Å². The van der Waals surface area contributed by atoms with E-state index in [1.165, 1.54) is 11.3 Å². The topological polar surface area (TPSA) is 75.2 Å². The monoisotopic (exact) mass is 456 g/mol. The molecule has 0 spiro atoms. The van der Waals surface area contributed by atoms with Crippen molar-refractivity contribution in [3.05, 3.63) is 69.1 Å². The number of rotatable bonds is 4. The number of amides is 2. The van der Waals surface area contributed by atoms with E-state index >= 15 is 0 Å². The highest BCUT2D eigenvalue weighted by Crippen LogP contribution is 2.35. The lowest BCUT2D eigenvalue weighted by molar-refractivity contribution is -0.117. The van der Waals surface area contributed by atoms with Gasteiger partial charge < -0.3 is 4.90 Å². The molecule has 2 heterocycles. The Morgan fingerprint density at radius 2 is 2.04 bits per heavy atom. The van der Waals surface area contributed by atoms with E-state index < -0.39 is 0 Å². The molecule has 142 valence electrons. The second-order valence-corrected chi connectivity index (χ2v) is 8.53. The number of halogens is 1. The molecule has 1 aliphatic rings. The van der Waals surface area contributed by atoms with Crippen LogP contribution in [0.25, 0.3) is 0 Å². The van der Waals surface area contributed by atoms with E-state index in [4.69, 9.17) is 0 Å². The van der Waals surface area contributed by atoms with Crippen LogP contribution in [-0.4, -0.2) is 28.6 Å². The number of nitrogens with zero attached hydrogens (tertiary/aromatic N) is 3. The number of anilines is 2. The molecule has 1 fully saturated rings. The highest BCUT2D eigenvalue weighted by Gasteiger charge is 2.34. The summed E-state index contributed by atoms with van der Waals surface area (Å²) >= 11 is 4.67. The largest absolute Gasteiger partial charge is 0.311 e. The molecule has 0 radical (unpaired) electrons. The van der Waals surface area contributed by atoms with E-state index in [1.54, 1.807) is 23.1 Å². The lowest BCUT2D eigenvalue weighted by atomic mass is 10.1. The molecule has 1 atom stereocenters. The summed E-state index contributed by atoms with van der Waals surface area (Å²) in [4.78, 5) is 26.7. The Hall–Kier alpha value is -2.58. The van der Waals surface area contributed by atoms with Gasteiger partial charge in [-0.2, -0.15) is 0 Å². The standard InChI is InChI=1S/C20H17BrN4O2S/c1-12-5-2-3-8-16(12)25-11-14(10-17(25)26)19-23-24-20(28-19)22-18(27)13-6-4-7-15(21)9-13/h2-9,14H,10-11H2,1H3,(H,22,24,27)/t14-/m1/s1. The van der Waals surface area contributed by atoms with Crippen molar-refractivity contribution in [2.45, 2.75) is 19.3 Å². The minimum atomic E-state index is -0.243. The Morgan fingerprint density at radius 3 is 2.82 bits per heavy atom. The number of hydrogen-bond acceptors (Lipinski definition) is 5. The molecule has 28 heavy (non-hydrogen) atoms. The van der Waals surface area contributed by atoms with Gasteiger partial charge in [-0.05, 0) is 36.8 Å². The van der Waals surface area contributed by atoms with Crippen LogP contribution < -0.4 is 10.2 Å². The highest BCUT2D eigenvalue weighted by molar-refractivity contribution is 9.10. The van der Waals surface area contributed by atoms with Crippen molar-refractivity contribution in [2.24, 2.45) is 0 Å². The predicted molar refractivity (Wildman–Crippen MR) is 113 cm³/mol. The molecule has 8 heteroatoms. The first kappa shape index (κ1) is 18.8. The molecule has 0 saturated carbocycles. The molecule has 6 nitrogen and oxygen atoms in total. The van der Waals surface area contributed by atoms with Gasteiger partial charge in [-0.3, -0.25) is 14.9 Å².